The molecular formula is C27H25BrClNO5. The number of rotatable bonds is 8. The van der Waals surface area contributed by atoms with Gasteiger partial charge in [-0.2, -0.15) is 0 Å². The van der Waals surface area contributed by atoms with Crippen molar-refractivity contribution in [2.45, 2.75) is 39.0 Å². The third kappa shape index (κ3) is 5.97. The van der Waals surface area contributed by atoms with E-state index in [1.165, 1.54) is 0 Å². The molecule has 6 nitrogen and oxygen atoms in total. The highest BCUT2D eigenvalue weighted by molar-refractivity contribution is 9.10. The van der Waals surface area contributed by atoms with Crippen molar-refractivity contribution >= 4 is 39.6 Å². The van der Waals surface area contributed by atoms with Crippen LogP contribution in [0.4, 0.5) is 4.79 Å². The molecule has 2 atom stereocenters. The number of ether oxygens (including phenoxy) is 3. The summed E-state index contributed by atoms with van der Waals surface area (Å²) in [7, 11) is 0. The highest BCUT2D eigenvalue weighted by atomic mass is 79.9. The van der Waals surface area contributed by atoms with Crippen LogP contribution in [-0.2, 0) is 27.2 Å². The summed E-state index contributed by atoms with van der Waals surface area (Å²) in [5, 5.41) is 0.407. The quantitative estimate of drug-likeness (QED) is 0.276. The second-order valence-electron chi connectivity index (χ2n) is 8.18. The molecule has 0 radical (unpaired) electrons. The Hall–Kier alpha value is -3.03. The molecule has 0 unspecified atom stereocenters. The van der Waals surface area contributed by atoms with Crippen LogP contribution in [0.5, 0.6) is 11.5 Å². The van der Waals surface area contributed by atoms with E-state index in [1.54, 1.807) is 30.0 Å². The van der Waals surface area contributed by atoms with Gasteiger partial charge < -0.3 is 14.2 Å². The maximum Gasteiger partial charge on any atom is 0.411 e. The molecule has 4 rings (SSSR count). The molecule has 0 aliphatic carbocycles. The van der Waals surface area contributed by atoms with E-state index in [-0.39, 0.29) is 37.2 Å². The van der Waals surface area contributed by atoms with Crippen LogP contribution < -0.4 is 4.74 Å². The first-order valence-electron chi connectivity index (χ1n) is 11.3. The van der Waals surface area contributed by atoms with E-state index in [4.69, 9.17) is 25.8 Å². The van der Waals surface area contributed by atoms with Crippen molar-refractivity contribution in [1.29, 1.82) is 0 Å². The number of carbonyl (C=O) groups is 2. The average Bonchev–Trinajstić information content (AvgIpc) is 3.12. The number of nitrogens with zero attached hydrogens (tertiary/aromatic N) is 1. The normalized spacial score (nSPS) is 17.3. The Balaban J connectivity index is 1.57. The highest BCUT2D eigenvalue weighted by Crippen LogP contribution is 2.37. The van der Waals surface area contributed by atoms with Crippen molar-refractivity contribution in [2.75, 3.05) is 6.61 Å². The van der Waals surface area contributed by atoms with E-state index in [0.29, 0.717) is 23.1 Å². The molecule has 1 aliphatic heterocycles. The molecule has 1 saturated heterocycles. The fourth-order valence-electron chi connectivity index (χ4n) is 3.99. The molecule has 1 amide bonds. The molecular weight excluding hydrogens is 534 g/mol. The Morgan fingerprint density at radius 2 is 1.86 bits per heavy atom. The lowest BCUT2D eigenvalue weighted by Gasteiger charge is -2.22. The molecule has 0 aromatic heterocycles. The molecule has 0 spiro atoms. The van der Waals surface area contributed by atoms with Gasteiger partial charge in [0.05, 0.1) is 30.6 Å². The zero-order valence-electron chi connectivity index (χ0n) is 19.4. The SMILES string of the molecule is CCOC(=O)Cc1ccc(Cl)c(Oc2ccc(Br)cc2CN2C(=O)O[C@H](c3ccccc3)[C@H]2C)c1. The minimum atomic E-state index is -0.383. The molecule has 182 valence electrons. The lowest BCUT2D eigenvalue weighted by molar-refractivity contribution is -0.142. The standard InChI is InChI=1S/C27H25BrClNO5/c1-3-33-25(31)14-18-9-11-22(29)24(13-18)34-23-12-10-21(28)15-20(23)16-30-17(2)26(35-27(30)32)19-7-5-4-6-8-19/h4-13,15,17,26H,3,14,16H2,1-2H3/t17-,26+/m1/s1. The molecule has 0 saturated carbocycles. The summed E-state index contributed by atoms with van der Waals surface area (Å²) >= 11 is 9.91. The Morgan fingerprint density at radius 1 is 1.09 bits per heavy atom. The van der Waals surface area contributed by atoms with Crippen molar-refractivity contribution in [3.8, 4) is 11.5 Å². The van der Waals surface area contributed by atoms with E-state index >= 15 is 0 Å². The Morgan fingerprint density at radius 3 is 2.60 bits per heavy atom. The van der Waals surface area contributed by atoms with E-state index in [0.717, 1.165) is 21.2 Å². The lowest BCUT2D eigenvalue weighted by Crippen LogP contribution is -2.31. The van der Waals surface area contributed by atoms with Crippen molar-refractivity contribution in [2.24, 2.45) is 0 Å². The van der Waals surface area contributed by atoms with Gasteiger partial charge in [-0.1, -0.05) is 63.9 Å². The zero-order valence-corrected chi connectivity index (χ0v) is 21.7. The maximum atomic E-state index is 12.8. The average molecular weight is 559 g/mol. The van der Waals surface area contributed by atoms with Gasteiger partial charge in [-0.05, 0) is 55.3 Å². The first-order valence-corrected chi connectivity index (χ1v) is 12.4. The van der Waals surface area contributed by atoms with Crippen molar-refractivity contribution in [3.63, 3.8) is 0 Å². The molecule has 3 aromatic rings. The van der Waals surface area contributed by atoms with Crippen LogP contribution in [-0.4, -0.2) is 29.6 Å². The number of hydrogen-bond donors (Lipinski definition) is 0. The largest absolute Gasteiger partial charge is 0.466 e. The summed E-state index contributed by atoms with van der Waals surface area (Å²) in [6.07, 6.45) is -0.618. The predicted molar refractivity (Wildman–Crippen MR) is 137 cm³/mol. The van der Waals surface area contributed by atoms with Gasteiger partial charge in [-0.3, -0.25) is 9.69 Å². The van der Waals surface area contributed by atoms with Gasteiger partial charge in [-0.15, -0.1) is 0 Å². The van der Waals surface area contributed by atoms with E-state index in [9.17, 15) is 9.59 Å². The van der Waals surface area contributed by atoms with Gasteiger partial charge in [0.15, 0.2) is 0 Å². The number of carbonyl (C=O) groups excluding carboxylic acids is 2. The van der Waals surface area contributed by atoms with Crippen LogP contribution in [0.2, 0.25) is 5.02 Å². The molecule has 1 heterocycles. The number of cyclic esters (lactones) is 1. The third-order valence-corrected chi connectivity index (χ3v) is 6.56. The Bertz CT molecular complexity index is 1220. The van der Waals surface area contributed by atoms with Crippen molar-refractivity contribution in [1.82, 2.24) is 4.90 Å². The summed E-state index contributed by atoms with van der Waals surface area (Å²) in [4.78, 5) is 26.3. The summed E-state index contributed by atoms with van der Waals surface area (Å²) in [5.74, 6) is 0.641. The van der Waals surface area contributed by atoms with Crippen LogP contribution in [0.25, 0.3) is 0 Å². The van der Waals surface area contributed by atoms with Gasteiger partial charge in [-0.25, -0.2) is 4.79 Å². The van der Waals surface area contributed by atoms with E-state index < -0.39 is 0 Å². The number of hydrogen-bond acceptors (Lipinski definition) is 5. The second-order valence-corrected chi connectivity index (χ2v) is 9.51. The zero-order chi connectivity index (χ0) is 24.9. The lowest BCUT2D eigenvalue weighted by atomic mass is 10.0. The predicted octanol–water partition coefficient (Wildman–Crippen LogP) is 7.08. The molecule has 1 fully saturated rings. The number of halogens is 2. The van der Waals surface area contributed by atoms with Gasteiger partial charge in [0.2, 0.25) is 0 Å². The summed E-state index contributed by atoms with van der Waals surface area (Å²) in [6, 6.07) is 20.3. The minimum Gasteiger partial charge on any atom is -0.466 e. The fraction of sp³-hybridized carbons (Fsp3) is 0.259. The Labute approximate surface area is 217 Å². The second kappa shape index (κ2) is 11.1. The first kappa shape index (κ1) is 25.1. The van der Waals surface area contributed by atoms with Crippen molar-refractivity contribution in [3.05, 3.63) is 92.9 Å². The van der Waals surface area contributed by atoms with E-state index in [1.807, 2.05) is 55.5 Å². The fourth-order valence-corrected chi connectivity index (χ4v) is 4.55. The van der Waals surface area contributed by atoms with Gasteiger partial charge >= 0.3 is 12.1 Å². The van der Waals surface area contributed by atoms with Crippen LogP contribution in [0.1, 0.15) is 36.6 Å². The highest BCUT2D eigenvalue weighted by Gasteiger charge is 2.39. The maximum absolute atomic E-state index is 12.8. The topological polar surface area (TPSA) is 65.1 Å². The van der Waals surface area contributed by atoms with Gasteiger partial charge in [0.25, 0.3) is 0 Å². The van der Waals surface area contributed by atoms with E-state index in [2.05, 4.69) is 15.9 Å². The van der Waals surface area contributed by atoms with Crippen LogP contribution >= 0.6 is 27.5 Å². The third-order valence-electron chi connectivity index (χ3n) is 5.75. The van der Waals surface area contributed by atoms with Crippen molar-refractivity contribution < 1.29 is 23.8 Å². The van der Waals surface area contributed by atoms with Gasteiger partial charge in [0, 0.05) is 10.0 Å². The first-order chi connectivity index (χ1) is 16.9. The van der Waals surface area contributed by atoms with Gasteiger partial charge in [0.1, 0.15) is 17.6 Å². The molecule has 1 aliphatic rings. The molecule has 3 aromatic carbocycles. The molecule has 0 N–H and O–H groups in total. The summed E-state index contributed by atoms with van der Waals surface area (Å²) in [6.45, 7) is 4.35. The number of amides is 1. The van der Waals surface area contributed by atoms with Crippen LogP contribution in [0, 0.1) is 0 Å². The number of benzene rings is 3. The Kier molecular flexibility index (Phi) is 7.98. The monoisotopic (exact) mass is 557 g/mol. The van der Waals surface area contributed by atoms with Crippen LogP contribution in [0.15, 0.2) is 71.2 Å². The van der Waals surface area contributed by atoms with Crippen LogP contribution in [0.3, 0.4) is 0 Å². The molecule has 8 heteroatoms. The number of esters is 1. The smallest absolute Gasteiger partial charge is 0.411 e. The molecule has 35 heavy (non-hydrogen) atoms. The summed E-state index contributed by atoms with van der Waals surface area (Å²) in [5.41, 5.74) is 2.46. The summed E-state index contributed by atoms with van der Waals surface area (Å²) < 4.78 is 17.8. The minimum absolute atomic E-state index is 0.118. The molecule has 0 bridgehead atoms.